The highest BCUT2D eigenvalue weighted by Gasteiger charge is 2.46. The number of ketones is 1. The normalized spacial score (nSPS) is 19.7. The summed E-state index contributed by atoms with van der Waals surface area (Å²) in [5, 5.41) is 11.3. The predicted octanol–water partition coefficient (Wildman–Crippen LogP) is 3.02. The minimum atomic E-state index is -0.812. The van der Waals surface area contributed by atoms with E-state index in [1.54, 1.807) is 48.5 Å². The number of ether oxygens (including phenoxy) is 3. The maximum absolute atomic E-state index is 13.3. The highest BCUT2D eigenvalue weighted by atomic mass is 16.5. The molecule has 4 rings (SSSR count). The summed E-state index contributed by atoms with van der Waals surface area (Å²) >= 11 is 0. The zero-order valence-electron chi connectivity index (χ0n) is 21.1. The Morgan fingerprint density at radius 3 is 2.46 bits per heavy atom. The summed E-state index contributed by atoms with van der Waals surface area (Å²) in [7, 11) is 1.30. The Morgan fingerprint density at radius 2 is 1.78 bits per heavy atom. The first-order chi connectivity index (χ1) is 17.9. The van der Waals surface area contributed by atoms with Gasteiger partial charge in [0.15, 0.2) is 0 Å². The van der Waals surface area contributed by atoms with Crippen molar-refractivity contribution in [1.82, 2.24) is 9.80 Å². The Kier molecular flexibility index (Phi) is 8.58. The van der Waals surface area contributed by atoms with E-state index in [2.05, 4.69) is 4.90 Å². The van der Waals surface area contributed by atoms with Gasteiger partial charge >= 0.3 is 5.97 Å². The molecule has 1 amide bonds. The molecule has 1 unspecified atom stereocenters. The van der Waals surface area contributed by atoms with Crippen LogP contribution in [0.1, 0.15) is 40.9 Å². The molecule has 0 saturated carbocycles. The highest BCUT2D eigenvalue weighted by molar-refractivity contribution is 6.46. The largest absolute Gasteiger partial charge is 0.507 e. The number of aliphatic hydroxyl groups is 1. The molecule has 0 aliphatic carbocycles. The van der Waals surface area contributed by atoms with Gasteiger partial charge in [0.25, 0.3) is 11.7 Å². The molecule has 0 spiro atoms. The van der Waals surface area contributed by atoms with E-state index in [1.807, 2.05) is 6.92 Å². The van der Waals surface area contributed by atoms with Crippen LogP contribution in [0, 0.1) is 0 Å². The fourth-order valence-electron chi connectivity index (χ4n) is 4.56. The fraction of sp³-hybridized carbons (Fsp3) is 0.393. The van der Waals surface area contributed by atoms with Crippen molar-refractivity contribution in [2.24, 2.45) is 0 Å². The monoisotopic (exact) mass is 508 g/mol. The van der Waals surface area contributed by atoms with Crippen molar-refractivity contribution >= 4 is 23.4 Å². The second kappa shape index (κ2) is 12.0. The first-order valence-corrected chi connectivity index (χ1v) is 12.4. The van der Waals surface area contributed by atoms with Crippen LogP contribution >= 0.6 is 0 Å². The number of aliphatic hydroxyl groups excluding tert-OH is 1. The molecular formula is C28H32N2O7. The number of benzene rings is 2. The lowest BCUT2D eigenvalue weighted by Crippen LogP contribution is -2.42. The molecule has 2 fully saturated rings. The Balaban J connectivity index is 1.73. The molecule has 2 aromatic carbocycles. The van der Waals surface area contributed by atoms with Gasteiger partial charge in [0, 0.05) is 31.7 Å². The molecule has 0 radical (unpaired) electrons. The third-order valence-electron chi connectivity index (χ3n) is 6.53. The Hall–Kier alpha value is -3.69. The smallest absolute Gasteiger partial charge is 0.337 e. The fourth-order valence-corrected chi connectivity index (χ4v) is 4.56. The van der Waals surface area contributed by atoms with Gasteiger partial charge in [-0.1, -0.05) is 31.2 Å². The van der Waals surface area contributed by atoms with Crippen LogP contribution in [-0.4, -0.2) is 85.7 Å². The number of methoxy groups -OCH3 is 1. The quantitative estimate of drug-likeness (QED) is 0.239. The molecular weight excluding hydrogens is 476 g/mol. The number of carbonyl (C=O) groups excluding carboxylic acids is 3. The van der Waals surface area contributed by atoms with Crippen molar-refractivity contribution in [1.29, 1.82) is 0 Å². The molecule has 9 heteroatoms. The van der Waals surface area contributed by atoms with Crippen molar-refractivity contribution in [2.45, 2.75) is 19.4 Å². The summed E-state index contributed by atoms with van der Waals surface area (Å²) in [6.07, 6.45) is 0.825. The number of likely N-dealkylation sites (tertiary alicyclic amines) is 1. The average molecular weight is 509 g/mol. The van der Waals surface area contributed by atoms with Crippen LogP contribution in [0.25, 0.3) is 5.76 Å². The SMILES string of the molecule is CCCOc1cccc(/C(O)=C2\C(=O)C(=O)N(CCN3CCOCC3)C2c2ccc(C(=O)OC)cc2)c1. The van der Waals surface area contributed by atoms with E-state index in [1.165, 1.54) is 12.0 Å². The van der Waals surface area contributed by atoms with E-state index in [0.29, 0.717) is 55.4 Å². The van der Waals surface area contributed by atoms with E-state index in [9.17, 15) is 19.5 Å². The Morgan fingerprint density at radius 1 is 1.05 bits per heavy atom. The van der Waals surface area contributed by atoms with Crippen LogP contribution in [0.5, 0.6) is 5.75 Å². The molecule has 1 atom stereocenters. The van der Waals surface area contributed by atoms with E-state index in [-0.39, 0.29) is 11.3 Å². The molecule has 0 aromatic heterocycles. The predicted molar refractivity (Wildman–Crippen MR) is 136 cm³/mol. The molecule has 2 aliphatic heterocycles. The highest BCUT2D eigenvalue weighted by Crippen LogP contribution is 2.39. The van der Waals surface area contributed by atoms with Gasteiger partial charge in [0.05, 0.1) is 44.1 Å². The van der Waals surface area contributed by atoms with Crippen molar-refractivity contribution in [2.75, 3.05) is 53.1 Å². The van der Waals surface area contributed by atoms with Crippen LogP contribution < -0.4 is 4.74 Å². The number of nitrogens with zero attached hydrogens (tertiary/aromatic N) is 2. The van der Waals surface area contributed by atoms with E-state index < -0.39 is 23.7 Å². The number of hydrogen-bond acceptors (Lipinski definition) is 8. The van der Waals surface area contributed by atoms with Gasteiger partial charge < -0.3 is 24.2 Å². The van der Waals surface area contributed by atoms with Gasteiger partial charge in [-0.15, -0.1) is 0 Å². The minimum Gasteiger partial charge on any atom is -0.507 e. The van der Waals surface area contributed by atoms with Crippen molar-refractivity contribution in [3.05, 3.63) is 70.8 Å². The van der Waals surface area contributed by atoms with Crippen molar-refractivity contribution in [3.8, 4) is 5.75 Å². The topological polar surface area (TPSA) is 106 Å². The standard InChI is InChI=1S/C28H32N2O7/c1-3-15-37-22-6-4-5-21(18-22)25(31)23-24(19-7-9-20(10-8-19)28(34)35-2)30(27(33)26(23)32)12-11-29-13-16-36-17-14-29/h4-10,18,24,31H,3,11-17H2,1-2H3/b25-23+. The summed E-state index contributed by atoms with van der Waals surface area (Å²) < 4.78 is 15.9. The third kappa shape index (κ3) is 5.84. The molecule has 196 valence electrons. The molecule has 0 bridgehead atoms. The van der Waals surface area contributed by atoms with Crippen molar-refractivity contribution in [3.63, 3.8) is 0 Å². The average Bonchev–Trinajstić information content (AvgIpc) is 3.19. The maximum Gasteiger partial charge on any atom is 0.337 e. The van der Waals surface area contributed by atoms with Gasteiger partial charge in [-0.25, -0.2) is 4.79 Å². The minimum absolute atomic E-state index is 0.00503. The maximum atomic E-state index is 13.3. The van der Waals surface area contributed by atoms with Gasteiger partial charge in [-0.2, -0.15) is 0 Å². The van der Waals surface area contributed by atoms with Crippen LogP contribution in [0.15, 0.2) is 54.1 Å². The lowest BCUT2D eigenvalue weighted by Gasteiger charge is -2.31. The Labute approximate surface area is 216 Å². The van der Waals surface area contributed by atoms with Crippen LogP contribution in [-0.2, 0) is 19.1 Å². The number of esters is 1. The molecule has 2 aliphatic rings. The van der Waals surface area contributed by atoms with E-state index in [4.69, 9.17) is 14.2 Å². The molecule has 37 heavy (non-hydrogen) atoms. The Bertz CT molecular complexity index is 1170. The molecule has 2 saturated heterocycles. The molecule has 2 heterocycles. The van der Waals surface area contributed by atoms with Crippen LogP contribution in [0.2, 0.25) is 0 Å². The summed E-state index contributed by atoms with van der Waals surface area (Å²) in [6.45, 7) is 6.09. The molecule has 9 nitrogen and oxygen atoms in total. The summed E-state index contributed by atoms with van der Waals surface area (Å²) in [6, 6.07) is 12.6. The number of amides is 1. The lowest BCUT2D eigenvalue weighted by molar-refractivity contribution is -0.140. The van der Waals surface area contributed by atoms with Gasteiger partial charge in [0.2, 0.25) is 0 Å². The summed E-state index contributed by atoms with van der Waals surface area (Å²) in [5.74, 6) is -1.61. The first-order valence-electron chi connectivity index (χ1n) is 12.4. The molecule has 1 N–H and O–H groups in total. The van der Waals surface area contributed by atoms with Crippen LogP contribution in [0.3, 0.4) is 0 Å². The first kappa shape index (κ1) is 26.4. The second-order valence-electron chi connectivity index (χ2n) is 8.94. The van der Waals surface area contributed by atoms with Crippen molar-refractivity contribution < 1.29 is 33.7 Å². The summed E-state index contributed by atoms with van der Waals surface area (Å²) in [4.78, 5) is 42.1. The lowest BCUT2D eigenvalue weighted by atomic mass is 9.94. The van der Waals surface area contributed by atoms with Crippen LogP contribution in [0.4, 0.5) is 0 Å². The van der Waals surface area contributed by atoms with Gasteiger partial charge in [0.1, 0.15) is 11.5 Å². The zero-order valence-corrected chi connectivity index (χ0v) is 21.1. The number of hydrogen-bond donors (Lipinski definition) is 1. The van der Waals surface area contributed by atoms with E-state index in [0.717, 1.165) is 19.5 Å². The van der Waals surface area contributed by atoms with Gasteiger partial charge in [-0.3, -0.25) is 14.5 Å². The van der Waals surface area contributed by atoms with Gasteiger partial charge in [-0.05, 0) is 36.2 Å². The van der Waals surface area contributed by atoms with E-state index >= 15 is 0 Å². The third-order valence-corrected chi connectivity index (χ3v) is 6.53. The summed E-state index contributed by atoms with van der Waals surface area (Å²) in [5.41, 5.74) is 1.34. The second-order valence-corrected chi connectivity index (χ2v) is 8.94. The molecule has 2 aromatic rings. The number of morpholine rings is 1. The zero-order chi connectivity index (χ0) is 26.4. The number of Topliss-reactive ketones (excluding diaryl/α,β-unsaturated/α-hetero) is 1. The number of rotatable bonds is 9. The number of carbonyl (C=O) groups is 3.